The largest absolute Gasteiger partial charge is 0.447 e. The molecule has 0 spiro atoms. The molecule has 3 fully saturated rings. The summed E-state index contributed by atoms with van der Waals surface area (Å²) in [6, 6.07) is 17.4. The number of rotatable bonds is 3. The van der Waals surface area contributed by atoms with Crippen molar-refractivity contribution in [2.75, 3.05) is 13.3 Å². The summed E-state index contributed by atoms with van der Waals surface area (Å²) in [6.07, 6.45) is 2.90. The van der Waals surface area contributed by atoms with Crippen molar-refractivity contribution in [1.29, 1.82) is 0 Å². The lowest BCUT2D eigenvalue weighted by Gasteiger charge is -2.38. The Bertz CT molecular complexity index is 872. The van der Waals surface area contributed by atoms with E-state index in [1.807, 2.05) is 23.1 Å². The van der Waals surface area contributed by atoms with Crippen molar-refractivity contribution in [3.05, 3.63) is 59.1 Å². The first-order chi connectivity index (χ1) is 13.7. The number of hydrogen-bond donors (Lipinski definition) is 2. The van der Waals surface area contributed by atoms with Crippen LogP contribution in [0.4, 0.5) is 4.79 Å². The molecular formula is C22H24ClN3O2. The lowest BCUT2D eigenvalue weighted by Crippen LogP contribution is -2.49. The van der Waals surface area contributed by atoms with Gasteiger partial charge in [0.05, 0.1) is 6.04 Å². The second-order valence-electron chi connectivity index (χ2n) is 7.90. The van der Waals surface area contributed by atoms with Crippen LogP contribution in [0, 0.1) is 0 Å². The zero-order valence-electron chi connectivity index (χ0n) is 15.6. The molecule has 2 aromatic carbocycles. The van der Waals surface area contributed by atoms with Crippen molar-refractivity contribution >= 4 is 17.7 Å². The summed E-state index contributed by atoms with van der Waals surface area (Å²) in [6.45, 7) is 1.28. The molecule has 2 N–H and O–H groups in total. The number of benzene rings is 2. The second kappa shape index (κ2) is 7.39. The fourth-order valence-electron chi connectivity index (χ4n) is 4.85. The number of nitrogens with zero attached hydrogens (tertiary/aromatic N) is 1. The summed E-state index contributed by atoms with van der Waals surface area (Å²) < 4.78 is 5.46. The minimum absolute atomic E-state index is 0.0168. The van der Waals surface area contributed by atoms with Crippen LogP contribution in [0.15, 0.2) is 48.5 Å². The maximum absolute atomic E-state index is 12.5. The Kier molecular flexibility index (Phi) is 4.75. The van der Waals surface area contributed by atoms with Gasteiger partial charge in [-0.05, 0) is 48.1 Å². The predicted molar refractivity (Wildman–Crippen MR) is 109 cm³/mol. The maximum atomic E-state index is 12.5. The molecule has 3 unspecified atom stereocenters. The van der Waals surface area contributed by atoms with Crippen LogP contribution in [-0.4, -0.2) is 42.4 Å². The lowest BCUT2D eigenvalue weighted by molar-refractivity contribution is 0.124. The van der Waals surface area contributed by atoms with Gasteiger partial charge in [-0.2, -0.15) is 0 Å². The SMILES string of the molecule is O=C1OC[C@H](c2ccc(-c3cccc(Cl)c3)cc2)N1C1CCC2NCNC2C1. The smallest absolute Gasteiger partial charge is 0.410 e. The Labute approximate surface area is 170 Å². The van der Waals surface area contributed by atoms with Gasteiger partial charge >= 0.3 is 6.09 Å². The first-order valence-corrected chi connectivity index (χ1v) is 10.3. The van der Waals surface area contributed by atoms with E-state index < -0.39 is 0 Å². The second-order valence-corrected chi connectivity index (χ2v) is 8.33. The highest BCUT2D eigenvalue weighted by molar-refractivity contribution is 6.30. The first kappa shape index (κ1) is 18.0. The van der Waals surface area contributed by atoms with Gasteiger partial charge in [-0.15, -0.1) is 0 Å². The molecule has 2 aromatic rings. The zero-order chi connectivity index (χ0) is 19.1. The fourth-order valence-corrected chi connectivity index (χ4v) is 5.04. The van der Waals surface area contributed by atoms with Crippen molar-refractivity contribution in [2.45, 2.75) is 43.4 Å². The number of hydrogen-bond acceptors (Lipinski definition) is 4. The Morgan fingerprint density at radius 1 is 1.00 bits per heavy atom. The van der Waals surface area contributed by atoms with Crippen molar-refractivity contribution in [2.24, 2.45) is 0 Å². The Morgan fingerprint density at radius 2 is 1.82 bits per heavy atom. The van der Waals surface area contributed by atoms with Crippen LogP contribution in [-0.2, 0) is 4.74 Å². The Hall–Kier alpha value is -2.08. The Morgan fingerprint density at radius 3 is 2.64 bits per heavy atom. The van der Waals surface area contributed by atoms with E-state index in [1.54, 1.807) is 0 Å². The fraction of sp³-hybridized carbons (Fsp3) is 0.409. The molecule has 1 saturated carbocycles. The third-order valence-corrected chi connectivity index (χ3v) is 6.54. The number of fused-ring (bicyclic) bond motifs is 1. The van der Waals surface area contributed by atoms with E-state index in [2.05, 4.69) is 41.0 Å². The molecule has 5 rings (SSSR count). The third-order valence-electron chi connectivity index (χ3n) is 6.31. The predicted octanol–water partition coefficient (Wildman–Crippen LogP) is 3.94. The molecule has 4 atom stereocenters. The number of ether oxygens (including phenoxy) is 1. The van der Waals surface area contributed by atoms with E-state index in [0.29, 0.717) is 18.7 Å². The summed E-state index contributed by atoms with van der Waals surface area (Å²) in [5.74, 6) is 0. The van der Waals surface area contributed by atoms with Gasteiger partial charge in [-0.25, -0.2) is 4.79 Å². The van der Waals surface area contributed by atoms with Crippen LogP contribution in [0.1, 0.15) is 30.9 Å². The van der Waals surface area contributed by atoms with Gasteiger partial charge in [0.1, 0.15) is 6.61 Å². The molecule has 28 heavy (non-hydrogen) atoms. The van der Waals surface area contributed by atoms with Gasteiger partial charge in [-0.1, -0.05) is 48.0 Å². The molecule has 2 aliphatic heterocycles. The molecule has 2 saturated heterocycles. The van der Waals surface area contributed by atoms with Gasteiger partial charge in [0, 0.05) is 29.8 Å². The van der Waals surface area contributed by atoms with Gasteiger partial charge in [0.2, 0.25) is 0 Å². The van der Waals surface area contributed by atoms with E-state index in [0.717, 1.165) is 47.6 Å². The minimum atomic E-state index is -0.182. The monoisotopic (exact) mass is 397 g/mol. The van der Waals surface area contributed by atoms with Crippen molar-refractivity contribution in [3.8, 4) is 11.1 Å². The number of nitrogens with one attached hydrogen (secondary N) is 2. The van der Waals surface area contributed by atoms with E-state index in [1.165, 1.54) is 0 Å². The first-order valence-electron chi connectivity index (χ1n) is 9.97. The average Bonchev–Trinajstić information content (AvgIpc) is 3.34. The normalized spacial score (nSPS) is 29.6. The van der Waals surface area contributed by atoms with Crippen LogP contribution in [0.2, 0.25) is 5.02 Å². The number of cyclic esters (lactones) is 1. The molecule has 3 aliphatic rings. The van der Waals surface area contributed by atoms with E-state index >= 15 is 0 Å². The summed E-state index contributed by atoms with van der Waals surface area (Å²) in [5.41, 5.74) is 3.33. The molecule has 146 valence electrons. The molecule has 2 heterocycles. The molecule has 0 radical (unpaired) electrons. The van der Waals surface area contributed by atoms with E-state index in [9.17, 15) is 4.79 Å². The Balaban J connectivity index is 1.36. The van der Waals surface area contributed by atoms with Crippen LogP contribution in [0.3, 0.4) is 0 Å². The number of amides is 1. The highest BCUT2D eigenvalue weighted by Gasteiger charge is 2.43. The standard InChI is InChI=1S/C22H24ClN3O2/c23-17-3-1-2-16(10-17)14-4-6-15(7-5-14)21-12-28-22(27)26(21)18-8-9-19-20(11-18)25-13-24-19/h1-7,10,18-21,24-25H,8-9,11-13H2/t18?,19?,20?,21-/m1/s1. The molecule has 5 nitrogen and oxygen atoms in total. The van der Waals surface area contributed by atoms with Crippen LogP contribution < -0.4 is 10.6 Å². The summed E-state index contributed by atoms with van der Waals surface area (Å²) in [7, 11) is 0. The van der Waals surface area contributed by atoms with Crippen LogP contribution >= 0.6 is 11.6 Å². The quantitative estimate of drug-likeness (QED) is 0.823. The summed E-state index contributed by atoms with van der Waals surface area (Å²) in [5, 5.41) is 7.73. The molecule has 1 aliphatic carbocycles. The van der Waals surface area contributed by atoms with Crippen LogP contribution in [0.5, 0.6) is 0 Å². The maximum Gasteiger partial charge on any atom is 0.410 e. The number of halogens is 1. The number of carbonyl (C=O) groups excluding carboxylic acids is 1. The van der Waals surface area contributed by atoms with Crippen LogP contribution in [0.25, 0.3) is 11.1 Å². The summed E-state index contributed by atoms with van der Waals surface area (Å²) >= 11 is 6.12. The summed E-state index contributed by atoms with van der Waals surface area (Å²) in [4.78, 5) is 14.5. The van der Waals surface area contributed by atoms with Crippen molar-refractivity contribution in [3.63, 3.8) is 0 Å². The van der Waals surface area contributed by atoms with E-state index in [-0.39, 0.29) is 18.2 Å². The van der Waals surface area contributed by atoms with Gasteiger partial charge < -0.3 is 15.4 Å². The molecule has 0 bridgehead atoms. The lowest BCUT2D eigenvalue weighted by atomic mass is 9.86. The highest BCUT2D eigenvalue weighted by Crippen LogP contribution is 2.36. The topological polar surface area (TPSA) is 53.6 Å². The highest BCUT2D eigenvalue weighted by atomic mass is 35.5. The van der Waals surface area contributed by atoms with Gasteiger partial charge in [0.25, 0.3) is 0 Å². The van der Waals surface area contributed by atoms with E-state index in [4.69, 9.17) is 16.3 Å². The van der Waals surface area contributed by atoms with Crippen molar-refractivity contribution in [1.82, 2.24) is 15.5 Å². The number of carbonyl (C=O) groups is 1. The average molecular weight is 398 g/mol. The van der Waals surface area contributed by atoms with Crippen molar-refractivity contribution < 1.29 is 9.53 Å². The molecule has 0 aromatic heterocycles. The third kappa shape index (κ3) is 3.28. The molecular weight excluding hydrogens is 374 g/mol. The minimum Gasteiger partial charge on any atom is -0.447 e. The molecule has 6 heteroatoms. The zero-order valence-corrected chi connectivity index (χ0v) is 16.4. The molecule has 1 amide bonds. The van der Waals surface area contributed by atoms with Gasteiger partial charge in [0.15, 0.2) is 0 Å². The van der Waals surface area contributed by atoms with Gasteiger partial charge in [-0.3, -0.25) is 4.90 Å².